The maximum absolute atomic E-state index is 8.18. The molecule has 126 valence electrons. The number of nitrogens with zero attached hydrogens (tertiary/aromatic N) is 2. The number of nitrogens with two attached hydrogens (primary N) is 1. The first kappa shape index (κ1) is 15.7. The Balaban J connectivity index is 1.75. The van der Waals surface area contributed by atoms with Crippen molar-refractivity contribution in [2.45, 2.75) is 6.92 Å². The summed E-state index contributed by atoms with van der Waals surface area (Å²) in [7, 11) is 0. The Hall–Kier alpha value is -2.80. The van der Waals surface area contributed by atoms with Crippen LogP contribution in [0.4, 0.5) is 0 Å². The number of fused-ring (bicyclic) bond motifs is 1. The monoisotopic (exact) mass is 353 g/mol. The number of hydrazone groups is 1. The van der Waals surface area contributed by atoms with Crippen LogP contribution < -0.4 is 15.2 Å². The zero-order valence-corrected chi connectivity index (χ0v) is 14.5. The lowest BCUT2D eigenvalue weighted by Gasteiger charge is -2.14. The van der Waals surface area contributed by atoms with Gasteiger partial charge in [-0.15, -0.1) is 5.10 Å². The molecule has 0 spiro atoms. The zero-order valence-electron chi connectivity index (χ0n) is 13.7. The predicted octanol–water partition coefficient (Wildman–Crippen LogP) is 2.53. The second-order valence-electron chi connectivity index (χ2n) is 5.77. The van der Waals surface area contributed by atoms with E-state index < -0.39 is 0 Å². The van der Waals surface area contributed by atoms with Gasteiger partial charge in [-0.25, -0.2) is 0 Å². The predicted molar refractivity (Wildman–Crippen MR) is 99.0 cm³/mol. The van der Waals surface area contributed by atoms with Crippen LogP contribution in [0.2, 0.25) is 0 Å². The molecule has 3 N–H and O–H groups in total. The number of nitrogens with one attached hydrogen (secondary N) is 1. The smallest absolute Gasteiger partial charge is 0.315 e. The van der Waals surface area contributed by atoms with Gasteiger partial charge in [-0.3, -0.25) is 0 Å². The van der Waals surface area contributed by atoms with E-state index >= 15 is 0 Å². The number of hydrogen-bond donors (Lipinski definition) is 2. The first-order valence-electron chi connectivity index (χ1n) is 7.80. The van der Waals surface area contributed by atoms with Crippen molar-refractivity contribution < 1.29 is 14.2 Å². The van der Waals surface area contributed by atoms with E-state index in [1.165, 1.54) is 16.4 Å². The summed E-state index contributed by atoms with van der Waals surface area (Å²) in [5.41, 5.74) is 10.1. The lowest BCUT2D eigenvalue weighted by molar-refractivity contribution is -0.409. The quantitative estimate of drug-likeness (QED) is 0.642. The van der Waals surface area contributed by atoms with Gasteiger partial charge in [-0.2, -0.15) is 5.41 Å². The van der Waals surface area contributed by atoms with E-state index in [1.807, 2.05) is 49.4 Å². The van der Waals surface area contributed by atoms with Crippen molar-refractivity contribution in [3.05, 3.63) is 59.2 Å². The normalized spacial score (nSPS) is 18.1. The highest BCUT2D eigenvalue weighted by atomic mass is 32.2. The summed E-state index contributed by atoms with van der Waals surface area (Å²) < 4.78 is 12.3. The highest BCUT2D eigenvalue weighted by molar-refractivity contribution is 8.13. The highest BCUT2D eigenvalue weighted by Gasteiger charge is 2.25. The SMILES string of the molecule is Cc1ccc(/C(N)=[N+]2\N=C(c3ccc4c(c3)OCO4)CSC2=N)cc1. The van der Waals surface area contributed by atoms with Crippen LogP contribution in [0.5, 0.6) is 11.5 Å². The minimum absolute atomic E-state index is 0.241. The summed E-state index contributed by atoms with van der Waals surface area (Å²) >= 11 is 1.39. The van der Waals surface area contributed by atoms with Crippen LogP contribution in [0.1, 0.15) is 16.7 Å². The fourth-order valence-corrected chi connectivity index (χ4v) is 3.38. The van der Waals surface area contributed by atoms with E-state index in [-0.39, 0.29) is 6.79 Å². The molecule has 0 unspecified atom stereocenters. The summed E-state index contributed by atoms with van der Waals surface area (Å²) in [5, 5.41) is 13.1. The van der Waals surface area contributed by atoms with Crippen molar-refractivity contribution in [2.75, 3.05) is 12.5 Å². The van der Waals surface area contributed by atoms with Crippen LogP contribution in [-0.4, -0.2) is 33.9 Å². The molecule has 0 bridgehead atoms. The van der Waals surface area contributed by atoms with Crippen LogP contribution in [-0.2, 0) is 0 Å². The Morgan fingerprint density at radius 1 is 1.16 bits per heavy atom. The molecule has 2 heterocycles. The van der Waals surface area contributed by atoms with Gasteiger partial charge in [0.25, 0.3) is 5.84 Å². The molecule has 7 heteroatoms. The van der Waals surface area contributed by atoms with Gasteiger partial charge in [-0.05, 0) is 49.0 Å². The zero-order chi connectivity index (χ0) is 17.4. The molecule has 25 heavy (non-hydrogen) atoms. The Kier molecular flexibility index (Phi) is 3.93. The summed E-state index contributed by atoms with van der Waals surface area (Å²) in [6.45, 7) is 2.26. The topological polar surface area (TPSA) is 83.7 Å². The highest BCUT2D eigenvalue weighted by Crippen LogP contribution is 2.33. The Labute approximate surface area is 149 Å². The Morgan fingerprint density at radius 3 is 2.72 bits per heavy atom. The van der Waals surface area contributed by atoms with Gasteiger partial charge in [0.15, 0.2) is 11.5 Å². The number of rotatable bonds is 2. The third-order valence-corrected chi connectivity index (χ3v) is 4.90. The van der Waals surface area contributed by atoms with Crippen molar-refractivity contribution in [2.24, 2.45) is 10.8 Å². The first-order chi connectivity index (χ1) is 12.1. The number of ether oxygens (including phenoxy) is 2. The van der Waals surface area contributed by atoms with E-state index in [1.54, 1.807) is 0 Å². The average molecular weight is 353 g/mol. The Morgan fingerprint density at radius 2 is 1.92 bits per heavy atom. The van der Waals surface area contributed by atoms with E-state index in [0.717, 1.165) is 28.2 Å². The van der Waals surface area contributed by atoms with Crippen molar-refractivity contribution in [3.63, 3.8) is 0 Å². The molecular weight excluding hydrogens is 336 g/mol. The molecule has 2 aromatic rings. The third kappa shape index (κ3) is 2.98. The minimum atomic E-state index is 0.241. The molecule has 0 aromatic heterocycles. The van der Waals surface area contributed by atoms with Crippen LogP contribution >= 0.6 is 11.8 Å². The van der Waals surface area contributed by atoms with Crippen LogP contribution in [0.15, 0.2) is 47.6 Å². The number of thioether (sulfide) groups is 1. The van der Waals surface area contributed by atoms with Gasteiger partial charge in [0, 0.05) is 11.1 Å². The van der Waals surface area contributed by atoms with Gasteiger partial charge in [-0.1, -0.05) is 22.4 Å². The lowest BCUT2D eigenvalue weighted by atomic mass is 10.1. The largest absolute Gasteiger partial charge is 0.454 e. The molecule has 0 atom stereocenters. The summed E-state index contributed by atoms with van der Waals surface area (Å²) in [5.74, 6) is 2.50. The van der Waals surface area contributed by atoms with Crippen LogP contribution in [0.25, 0.3) is 0 Å². The van der Waals surface area contributed by atoms with Crippen LogP contribution in [0.3, 0.4) is 0 Å². The number of aryl methyl sites for hydroxylation is 1. The Bertz CT molecular complexity index is 919. The maximum atomic E-state index is 8.18. The van der Waals surface area contributed by atoms with Gasteiger partial charge >= 0.3 is 5.17 Å². The second kappa shape index (κ2) is 6.25. The van der Waals surface area contributed by atoms with Crippen molar-refractivity contribution in [1.29, 1.82) is 5.41 Å². The number of amidine groups is 2. The standard InChI is InChI=1S/C18H16N4O2S/c1-11-2-4-12(5-3-11)17(19)22-18(20)25-9-14(21-22)13-6-7-15-16(8-13)24-10-23-15/h2-8,19-20H,9-10H2,1H3/p+1. The summed E-state index contributed by atoms with van der Waals surface area (Å²) in [6, 6.07) is 13.6. The molecule has 0 amide bonds. The van der Waals surface area contributed by atoms with Gasteiger partial charge in [0.1, 0.15) is 0 Å². The first-order valence-corrected chi connectivity index (χ1v) is 8.79. The molecule has 0 saturated carbocycles. The molecule has 0 aliphatic carbocycles. The molecule has 0 saturated heterocycles. The third-order valence-electron chi connectivity index (χ3n) is 4.04. The van der Waals surface area contributed by atoms with E-state index in [9.17, 15) is 0 Å². The molecule has 2 aromatic carbocycles. The average Bonchev–Trinajstić information content (AvgIpc) is 3.10. The molecule has 2 aliphatic rings. The molecule has 4 rings (SSSR count). The van der Waals surface area contributed by atoms with E-state index in [4.69, 9.17) is 20.6 Å². The molecule has 0 radical (unpaired) electrons. The van der Waals surface area contributed by atoms with E-state index in [0.29, 0.717) is 22.5 Å². The van der Waals surface area contributed by atoms with Gasteiger partial charge in [0.2, 0.25) is 6.79 Å². The maximum Gasteiger partial charge on any atom is 0.315 e. The number of hydrogen-bond acceptors (Lipinski definition) is 5. The molecule has 2 aliphatic heterocycles. The van der Waals surface area contributed by atoms with Crippen LogP contribution in [0, 0.1) is 12.3 Å². The van der Waals surface area contributed by atoms with Gasteiger partial charge < -0.3 is 15.2 Å². The van der Waals surface area contributed by atoms with Gasteiger partial charge in [0.05, 0.1) is 11.5 Å². The lowest BCUT2D eigenvalue weighted by Crippen LogP contribution is -2.33. The van der Waals surface area contributed by atoms with E-state index in [2.05, 4.69) is 5.10 Å². The fraction of sp³-hybridized carbons (Fsp3) is 0.167. The van der Waals surface area contributed by atoms with Crippen molar-refractivity contribution >= 4 is 28.5 Å². The fourth-order valence-electron chi connectivity index (χ4n) is 2.62. The van der Waals surface area contributed by atoms with Crippen molar-refractivity contribution in [3.8, 4) is 11.5 Å². The molecule has 0 fully saturated rings. The molecule has 6 nitrogen and oxygen atoms in total. The minimum Gasteiger partial charge on any atom is -0.454 e. The molecular formula is C18H17N4O2S+. The number of benzene rings is 2. The summed E-state index contributed by atoms with van der Waals surface area (Å²) in [4.78, 5) is 0. The second-order valence-corrected chi connectivity index (χ2v) is 6.74. The summed E-state index contributed by atoms with van der Waals surface area (Å²) in [6.07, 6.45) is 0. The van der Waals surface area contributed by atoms with Crippen molar-refractivity contribution in [1.82, 2.24) is 0 Å².